The Morgan fingerprint density at radius 2 is 2.16 bits per heavy atom. The van der Waals surface area contributed by atoms with E-state index < -0.39 is 0 Å². The van der Waals surface area contributed by atoms with E-state index in [0.717, 1.165) is 12.8 Å². The smallest absolute Gasteiger partial charge is 0.188 e. The number of hydrogen-bond acceptors (Lipinski definition) is 4. The highest BCUT2D eigenvalue weighted by Crippen LogP contribution is 2.25. The molecule has 0 radical (unpaired) electrons. The van der Waals surface area contributed by atoms with E-state index in [1.807, 2.05) is 0 Å². The number of Topliss-reactive ketones (excluding diaryl/α,β-unsaturated/α-hetero) is 1. The fourth-order valence-corrected chi connectivity index (χ4v) is 2.22. The molecule has 0 unspecified atom stereocenters. The molecule has 0 saturated carbocycles. The van der Waals surface area contributed by atoms with Crippen LogP contribution in [0.15, 0.2) is 18.2 Å². The zero-order valence-electron chi connectivity index (χ0n) is 10.9. The quantitative estimate of drug-likeness (QED) is 0.780. The number of carbonyl (C=O) groups excluding carboxylic acids is 1. The van der Waals surface area contributed by atoms with Crippen LogP contribution in [0.3, 0.4) is 0 Å². The second-order valence-corrected chi connectivity index (χ2v) is 4.80. The van der Waals surface area contributed by atoms with Gasteiger partial charge in [0.15, 0.2) is 5.78 Å². The highest BCUT2D eigenvalue weighted by molar-refractivity contribution is 6.32. The van der Waals surface area contributed by atoms with Gasteiger partial charge in [0.05, 0.1) is 18.2 Å². The fourth-order valence-electron chi connectivity index (χ4n) is 1.96. The van der Waals surface area contributed by atoms with Gasteiger partial charge in [0, 0.05) is 18.8 Å². The fraction of sp³-hybridized carbons (Fsp3) is 0.500. The molecule has 0 N–H and O–H groups in total. The predicted molar refractivity (Wildman–Crippen MR) is 72.1 cm³/mol. The molecule has 1 aromatic carbocycles. The lowest BCUT2D eigenvalue weighted by atomic mass is 10.1. The van der Waals surface area contributed by atoms with Crippen molar-refractivity contribution in [1.29, 1.82) is 0 Å². The molecule has 2 rings (SSSR count). The van der Waals surface area contributed by atoms with Crippen molar-refractivity contribution in [2.45, 2.75) is 18.9 Å². The largest absolute Gasteiger partial charge is 0.495 e. The Hall–Kier alpha value is -1.10. The van der Waals surface area contributed by atoms with Gasteiger partial charge >= 0.3 is 0 Å². The summed E-state index contributed by atoms with van der Waals surface area (Å²) in [5.74, 6) is 0.486. The van der Waals surface area contributed by atoms with E-state index in [4.69, 9.17) is 25.8 Å². The predicted octanol–water partition coefficient (Wildman–Crippen LogP) is 2.73. The molecule has 0 aliphatic carbocycles. The molecule has 104 valence electrons. The number of ether oxygens (including phenoxy) is 3. The Balaban J connectivity index is 1.90. The monoisotopic (exact) mass is 284 g/mol. The molecule has 0 atom stereocenters. The van der Waals surface area contributed by atoms with Crippen LogP contribution in [0.2, 0.25) is 5.02 Å². The molecule has 1 fully saturated rings. The minimum atomic E-state index is -0.0731. The minimum absolute atomic E-state index is 0.0731. The SMILES string of the molecule is COc1ccc(C(=O)COC2CCOCC2)cc1Cl. The first kappa shape index (κ1) is 14.3. The maximum Gasteiger partial charge on any atom is 0.188 e. The third-order valence-corrected chi connectivity index (χ3v) is 3.39. The van der Waals surface area contributed by atoms with Crippen LogP contribution in [0.4, 0.5) is 0 Å². The maximum absolute atomic E-state index is 12.0. The van der Waals surface area contributed by atoms with Crippen molar-refractivity contribution in [2.75, 3.05) is 26.9 Å². The van der Waals surface area contributed by atoms with Crippen molar-refractivity contribution < 1.29 is 19.0 Å². The van der Waals surface area contributed by atoms with E-state index in [0.29, 0.717) is 29.5 Å². The van der Waals surface area contributed by atoms with Crippen molar-refractivity contribution in [3.63, 3.8) is 0 Å². The number of carbonyl (C=O) groups is 1. The summed E-state index contributed by atoms with van der Waals surface area (Å²) in [6.07, 6.45) is 1.80. The number of halogens is 1. The summed E-state index contributed by atoms with van der Waals surface area (Å²) < 4.78 is 15.9. The molecule has 19 heavy (non-hydrogen) atoms. The summed E-state index contributed by atoms with van der Waals surface area (Å²) in [5, 5.41) is 0.430. The highest BCUT2D eigenvalue weighted by Gasteiger charge is 2.16. The average Bonchev–Trinajstić information content (AvgIpc) is 2.45. The van der Waals surface area contributed by atoms with Gasteiger partial charge in [-0.2, -0.15) is 0 Å². The summed E-state index contributed by atoms with van der Waals surface area (Å²) in [4.78, 5) is 12.0. The van der Waals surface area contributed by atoms with E-state index in [1.54, 1.807) is 18.2 Å². The van der Waals surface area contributed by atoms with Crippen molar-refractivity contribution in [3.05, 3.63) is 28.8 Å². The van der Waals surface area contributed by atoms with Gasteiger partial charge in [-0.15, -0.1) is 0 Å². The Bertz CT molecular complexity index is 441. The zero-order valence-corrected chi connectivity index (χ0v) is 11.6. The third kappa shape index (κ3) is 3.93. The number of ketones is 1. The summed E-state index contributed by atoms with van der Waals surface area (Å²) in [6.45, 7) is 1.48. The van der Waals surface area contributed by atoms with E-state index in [1.165, 1.54) is 7.11 Å². The van der Waals surface area contributed by atoms with Crippen LogP contribution in [0.5, 0.6) is 5.75 Å². The van der Waals surface area contributed by atoms with Crippen LogP contribution >= 0.6 is 11.6 Å². The Labute approximate surface area is 117 Å². The molecule has 1 aliphatic rings. The Kier molecular flexibility index (Phi) is 5.19. The summed E-state index contributed by atoms with van der Waals surface area (Å²) in [5.41, 5.74) is 0.540. The number of rotatable bonds is 5. The first-order chi connectivity index (χ1) is 9.20. The number of hydrogen-bond donors (Lipinski definition) is 0. The molecule has 1 saturated heterocycles. The van der Waals surface area contributed by atoms with Crippen LogP contribution in [0.25, 0.3) is 0 Å². The third-order valence-electron chi connectivity index (χ3n) is 3.09. The van der Waals surface area contributed by atoms with Gasteiger partial charge in [-0.3, -0.25) is 4.79 Å². The second kappa shape index (κ2) is 6.89. The van der Waals surface area contributed by atoms with Gasteiger partial charge in [-0.05, 0) is 31.0 Å². The molecule has 1 aliphatic heterocycles. The summed E-state index contributed by atoms with van der Waals surface area (Å²) >= 11 is 5.99. The standard InChI is InChI=1S/C14H17ClO4/c1-17-14-3-2-10(8-12(14)15)13(16)9-19-11-4-6-18-7-5-11/h2-3,8,11H,4-7,9H2,1H3. The van der Waals surface area contributed by atoms with Crippen molar-refractivity contribution in [2.24, 2.45) is 0 Å². The number of methoxy groups -OCH3 is 1. The molecule has 1 heterocycles. The summed E-state index contributed by atoms with van der Waals surface area (Å²) in [6, 6.07) is 4.99. The molecule has 0 bridgehead atoms. The highest BCUT2D eigenvalue weighted by atomic mass is 35.5. The second-order valence-electron chi connectivity index (χ2n) is 4.40. The van der Waals surface area contributed by atoms with Crippen LogP contribution in [-0.2, 0) is 9.47 Å². The molecule has 4 nitrogen and oxygen atoms in total. The van der Waals surface area contributed by atoms with Crippen LogP contribution in [0.1, 0.15) is 23.2 Å². The van der Waals surface area contributed by atoms with Crippen molar-refractivity contribution in [3.8, 4) is 5.75 Å². The molecule has 0 amide bonds. The summed E-state index contributed by atoms with van der Waals surface area (Å²) in [7, 11) is 1.54. The molecule has 5 heteroatoms. The lowest BCUT2D eigenvalue weighted by molar-refractivity contribution is -0.0262. The number of benzene rings is 1. The maximum atomic E-state index is 12.0. The van der Waals surface area contributed by atoms with Gasteiger partial charge in [0.25, 0.3) is 0 Å². The first-order valence-electron chi connectivity index (χ1n) is 6.27. The lowest BCUT2D eigenvalue weighted by Gasteiger charge is -2.22. The minimum Gasteiger partial charge on any atom is -0.495 e. The van der Waals surface area contributed by atoms with E-state index >= 15 is 0 Å². The van der Waals surface area contributed by atoms with E-state index in [9.17, 15) is 4.79 Å². The van der Waals surface area contributed by atoms with E-state index in [2.05, 4.69) is 0 Å². The van der Waals surface area contributed by atoms with Gasteiger partial charge in [0.1, 0.15) is 12.4 Å². The van der Waals surface area contributed by atoms with Crippen LogP contribution < -0.4 is 4.74 Å². The molecule has 0 spiro atoms. The topological polar surface area (TPSA) is 44.8 Å². The van der Waals surface area contributed by atoms with Crippen LogP contribution in [-0.4, -0.2) is 38.8 Å². The Morgan fingerprint density at radius 3 is 2.79 bits per heavy atom. The Morgan fingerprint density at radius 1 is 1.42 bits per heavy atom. The normalized spacial score (nSPS) is 16.3. The van der Waals surface area contributed by atoms with E-state index in [-0.39, 0.29) is 18.5 Å². The first-order valence-corrected chi connectivity index (χ1v) is 6.64. The van der Waals surface area contributed by atoms with Gasteiger partial charge in [-0.25, -0.2) is 0 Å². The molecular weight excluding hydrogens is 268 g/mol. The lowest BCUT2D eigenvalue weighted by Crippen LogP contribution is -2.25. The average molecular weight is 285 g/mol. The molecular formula is C14H17ClO4. The van der Waals surface area contributed by atoms with Crippen LogP contribution in [0, 0.1) is 0 Å². The molecule has 1 aromatic rings. The van der Waals surface area contributed by atoms with Gasteiger partial charge in [0.2, 0.25) is 0 Å². The zero-order chi connectivity index (χ0) is 13.7. The van der Waals surface area contributed by atoms with Gasteiger partial charge < -0.3 is 14.2 Å². The molecule has 0 aromatic heterocycles. The van der Waals surface area contributed by atoms with Crippen molar-refractivity contribution >= 4 is 17.4 Å². The van der Waals surface area contributed by atoms with Crippen molar-refractivity contribution in [1.82, 2.24) is 0 Å². The van der Waals surface area contributed by atoms with Gasteiger partial charge in [-0.1, -0.05) is 11.6 Å².